The molecule has 4 heteroatoms. The van der Waals surface area contributed by atoms with Gasteiger partial charge in [-0.2, -0.15) is 0 Å². The fraction of sp³-hybridized carbons (Fsp3) is 0.417. The van der Waals surface area contributed by atoms with Crippen molar-refractivity contribution in [1.29, 1.82) is 0 Å². The van der Waals surface area contributed by atoms with Crippen LogP contribution in [0.5, 0.6) is 0 Å². The number of ether oxygens (including phenoxy) is 1. The van der Waals surface area contributed by atoms with Crippen LogP contribution in [0.2, 0.25) is 5.02 Å². The molecular formula is C12H16ClNO2. The third-order valence-electron chi connectivity index (χ3n) is 2.49. The summed E-state index contributed by atoms with van der Waals surface area (Å²) in [6, 6.07) is 7.76. The lowest BCUT2D eigenvalue weighted by atomic mass is 10.0. The largest absolute Gasteiger partial charge is 0.469 e. The minimum Gasteiger partial charge on any atom is -0.469 e. The molecule has 0 heterocycles. The number of esters is 1. The monoisotopic (exact) mass is 241 g/mol. The van der Waals surface area contributed by atoms with E-state index in [1.54, 1.807) is 0 Å². The lowest BCUT2D eigenvalue weighted by Crippen LogP contribution is -2.17. The van der Waals surface area contributed by atoms with Crippen molar-refractivity contribution in [2.24, 2.45) is 0 Å². The van der Waals surface area contributed by atoms with E-state index >= 15 is 0 Å². The Morgan fingerprint density at radius 3 is 2.56 bits per heavy atom. The van der Waals surface area contributed by atoms with E-state index in [1.165, 1.54) is 7.11 Å². The summed E-state index contributed by atoms with van der Waals surface area (Å²) in [6.07, 6.45) is 1.12. The van der Waals surface area contributed by atoms with Crippen LogP contribution in [-0.2, 0) is 9.53 Å². The SMILES string of the molecule is CNC(CCC(=O)OC)c1ccc(Cl)cc1. The van der Waals surface area contributed by atoms with Crippen molar-refractivity contribution in [3.8, 4) is 0 Å². The van der Waals surface area contributed by atoms with E-state index in [0.29, 0.717) is 17.9 Å². The van der Waals surface area contributed by atoms with Crippen molar-refractivity contribution in [3.63, 3.8) is 0 Å². The van der Waals surface area contributed by atoms with Gasteiger partial charge in [-0.15, -0.1) is 0 Å². The highest BCUT2D eigenvalue weighted by Crippen LogP contribution is 2.20. The summed E-state index contributed by atoms with van der Waals surface area (Å²) in [5.74, 6) is -0.186. The molecule has 1 unspecified atom stereocenters. The molecular weight excluding hydrogens is 226 g/mol. The minimum absolute atomic E-state index is 0.149. The van der Waals surface area contributed by atoms with Gasteiger partial charge < -0.3 is 10.1 Å². The van der Waals surface area contributed by atoms with Gasteiger partial charge in [0.2, 0.25) is 0 Å². The Bertz CT molecular complexity index is 337. The van der Waals surface area contributed by atoms with Crippen LogP contribution in [0.15, 0.2) is 24.3 Å². The number of hydrogen-bond acceptors (Lipinski definition) is 3. The number of carbonyl (C=O) groups is 1. The van der Waals surface area contributed by atoms with Gasteiger partial charge >= 0.3 is 5.97 Å². The van der Waals surface area contributed by atoms with Crippen molar-refractivity contribution in [2.75, 3.05) is 14.2 Å². The molecule has 0 aliphatic rings. The zero-order chi connectivity index (χ0) is 12.0. The number of rotatable bonds is 5. The second kappa shape index (κ2) is 6.51. The van der Waals surface area contributed by atoms with Gasteiger partial charge in [0.1, 0.15) is 0 Å². The van der Waals surface area contributed by atoms with E-state index in [1.807, 2.05) is 31.3 Å². The average Bonchev–Trinajstić information content (AvgIpc) is 2.31. The molecule has 0 spiro atoms. The molecule has 0 aromatic heterocycles. The Morgan fingerprint density at radius 1 is 1.44 bits per heavy atom. The van der Waals surface area contributed by atoms with E-state index in [-0.39, 0.29) is 12.0 Å². The second-order valence-corrected chi connectivity index (χ2v) is 3.94. The highest BCUT2D eigenvalue weighted by Gasteiger charge is 2.11. The normalized spacial score (nSPS) is 12.2. The minimum atomic E-state index is -0.186. The summed E-state index contributed by atoms with van der Waals surface area (Å²) in [7, 11) is 3.27. The van der Waals surface area contributed by atoms with Crippen LogP contribution in [0.25, 0.3) is 0 Å². The molecule has 1 aromatic carbocycles. The smallest absolute Gasteiger partial charge is 0.305 e. The zero-order valence-corrected chi connectivity index (χ0v) is 10.3. The third-order valence-corrected chi connectivity index (χ3v) is 2.74. The summed E-state index contributed by atoms with van der Waals surface area (Å²) < 4.78 is 4.61. The fourth-order valence-corrected chi connectivity index (χ4v) is 1.66. The molecule has 1 atom stereocenters. The first kappa shape index (κ1) is 13.0. The summed E-state index contributed by atoms with van der Waals surface area (Å²) in [4.78, 5) is 11.0. The Labute approximate surface area is 101 Å². The number of methoxy groups -OCH3 is 1. The fourth-order valence-electron chi connectivity index (χ4n) is 1.54. The lowest BCUT2D eigenvalue weighted by Gasteiger charge is -2.15. The zero-order valence-electron chi connectivity index (χ0n) is 9.50. The van der Waals surface area contributed by atoms with Gasteiger partial charge in [0, 0.05) is 17.5 Å². The van der Waals surface area contributed by atoms with Crippen LogP contribution >= 0.6 is 11.6 Å². The highest BCUT2D eigenvalue weighted by molar-refractivity contribution is 6.30. The highest BCUT2D eigenvalue weighted by atomic mass is 35.5. The predicted molar refractivity (Wildman–Crippen MR) is 64.5 cm³/mol. The maximum atomic E-state index is 11.0. The molecule has 1 N–H and O–H groups in total. The van der Waals surface area contributed by atoms with E-state index in [4.69, 9.17) is 11.6 Å². The van der Waals surface area contributed by atoms with Crippen LogP contribution in [0.1, 0.15) is 24.4 Å². The molecule has 0 amide bonds. The molecule has 0 saturated carbocycles. The second-order valence-electron chi connectivity index (χ2n) is 3.51. The van der Waals surface area contributed by atoms with Crippen LogP contribution in [0, 0.1) is 0 Å². The maximum absolute atomic E-state index is 11.0. The molecule has 1 rings (SSSR count). The molecule has 0 radical (unpaired) electrons. The van der Waals surface area contributed by atoms with Gasteiger partial charge in [-0.3, -0.25) is 4.79 Å². The molecule has 0 bridgehead atoms. The van der Waals surface area contributed by atoms with Gasteiger partial charge in [0.25, 0.3) is 0 Å². The topological polar surface area (TPSA) is 38.3 Å². The molecule has 3 nitrogen and oxygen atoms in total. The van der Waals surface area contributed by atoms with Gasteiger partial charge in [0.05, 0.1) is 7.11 Å². The molecule has 0 fully saturated rings. The summed E-state index contributed by atoms with van der Waals surface area (Å²) >= 11 is 5.81. The van der Waals surface area contributed by atoms with Gasteiger partial charge in [-0.05, 0) is 31.2 Å². The molecule has 0 saturated heterocycles. The van der Waals surface area contributed by atoms with E-state index in [0.717, 1.165) is 5.56 Å². The number of benzene rings is 1. The first-order chi connectivity index (χ1) is 7.67. The standard InChI is InChI=1S/C12H16ClNO2/c1-14-11(7-8-12(15)16-2)9-3-5-10(13)6-4-9/h3-6,11,14H,7-8H2,1-2H3. The molecule has 1 aromatic rings. The molecule has 16 heavy (non-hydrogen) atoms. The summed E-state index contributed by atoms with van der Waals surface area (Å²) in [6.45, 7) is 0. The first-order valence-electron chi connectivity index (χ1n) is 5.17. The van der Waals surface area contributed by atoms with Crippen molar-refractivity contribution < 1.29 is 9.53 Å². The van der Waals surface area contributed by atoms with Gasteiger partial charge in [-0.1, -0.05) is 23.7 Å². The van der Waals surface area contributed by atoms with Crippen LogP contribution in [0.4, 0.5) is 0 Å². The third kappa shape index (κ3) is 3.83. The van der Waals surface area contributed by atoms with Crippen molar-refractivity contribution in [1.82, 2.24) is 5.32 Å². The van der Waals surface area contributed by atoms with Gasteiger partial charge in [0.15, 0.2) is 0 Å². The summed E-state index contributed by atoms with van der Waals surface area (Å²) in [5.41, 5.74) is 1.12. The lowest BCUT2D eigenvalue weighted by molar-refractivity contribution is -0.140. The number of hydrogen-bond donors (Lipinski definition) is 1. The van der Waals surface area contributed by atoms with E-state index in [9.17, 15) is 4.79 Å². The molecule has 0 aliphatic heterocycles. The van der Waals surface area contributed by atoms with Crippen molar-refractivity contribution >= 4 is 17.6 Å². The van der Waals surface area contributed by atoms with Crippen LogP contribution in [0.3, 0.4) is 0 Å². The summed E-state index contributed by atoms with van der Waals surface area (Å²) in [5, 5.41) is 3.88. The van der Waals surface area contributed by atoms with Gasteiger partial charge in [-0.25, -0.2) is 0 Å². The molecule has 88 valence electrons. The quantitative estimate of drug-likeness (QED) is 0.806. The Hall–Kier alpha value is -1.06. The van der Waals surface area contributed by atoms with Crippen LogP contribution < -0.4 is 5.32 Å². The predicted octanol–water partition coefficient (Wildman–Crippen LogP) is 2.55. The Balaban J connectivity index is 2.60. The Kier molecular flexibility index (Phi) is 5.29. The van der Waals surface area contributed by atoms with Crippen LogP contribution in [-0.4, -0.2) is 20.1 Å². The number of halogens is 1. The number of nitrogens with one attached hydrogen (secondary N) is 1. The van der Waals surface area contributed by atoms with E-state index < -0.39 is 0 Å². The average molecular weight is 242 g/mol. The van der Waals surface area contributed by atoms with Crippen molar-refractivity contribution in [3.05, 3.63) is 34.9 Å². The Morgan fingerprint density at radius 2 is 2.06 bits per heavy atom. The van der Waals surface area contributed by atoms with E-state index in [2.05, 4.69) is 10.1 Å². The first-order valence-corrected chi connectivity index (χ1v) is 5.54. The number of carbonyl (C=O) groups excluding carboxylic acids is 1. The van der Waals surface area contributed by atoms with Crippen molar-refractivity contribution in [2.45, 2.75) is 18.9 Å². The maximum Gasteiger partial charge on any atom is 0.305 e. The molecule has 0 aliphatic carbocycles.